The van der Waals surface area contributed by atoms with E-state index in [1.165, 1.54) is 0 Å². The third kappa shape index (κ3) is 2.20. The van der Waals surface area contributed by atoms with E-state index in [0.29, 0.717) is 31.1 Å². The summed E-state index contributed by atoms with van der Waals surface area (Å²) in [6.07, 6.45) is 1.79. The Morgan fingerprint density at radius 1 is 1.28 bits per heavy atom. The van der Waals surface area contributed by atoms with Gasteiger partial charge < -0.3 is 9.47 Å². The lowest BCUT2D eigenvalue weighted by molar-refractivity contribution is -0.138. The van der Waals surface area contributed by atoms with Crippen LogP contribution in [-0.2, 0) is 14.3 Å². The van der Waals surface area contributed by atoms with Crippen molar-refractivity contribution in [1.29, 1.82) is 0 Å². The van der Waals surface area contributed by atoms with E-state index >= 15 is 0 Å². The average molecular weight is 246 g/mol. The molecule has 1 saturated heterocycles. The predicted molar refractivity (Wildman–Crippen MR) is 67.0 cm³/mol. The van der Waals surface area contributed by atoms with Crippen LogP contribution >= 0.6 is 0 Å². The van der Waals surface area contributed by atoms with Crippen molar-refractivity contribution in [1.82, 2.24) is 0 Å². The highest BCUT2D eigenvalue weighted by Gasteiger charge is 2.46. The molecule has 3 rings (SSSR count). The SMILES string of the molecule is C[C@H]1CC(=O)C[C@@]2(CO[C@@H](c3ccccc3)O2)C1. The second-order valence-corrected chi connectivity index (χ2v) is 5.58. The molecule has 18 heavy (non-hydrogen) atoms. The number of benzene rings is 1. The van der Waals surface area contributed by atoms with E-state index in [2.05, 4.69) is 6.92 Å². The largest absolute Gasteiger partial charge is 0.345 e. The molecule has 3 nitrogen and oxygen atoms in total. The van der Waals surface area contributed by atoms with Crippen molar-refractivity contribution in [3.8, 4) is 0 Å². The van der Waals surface area contributed by atoms with Gasteiger partial charge in [0.15, 0.2) is 6.29 Å². The third-order valence-corrected chi connectivity index (χ3v) is 3.74. The van der Waals surface area contributed by atoms with Crippen LogP contribution in [0.1, 0.15) is 38.0 Å². The molecule has 1 aliphatic heterocycles. The summed E-state index contributed by atoms with van der Waals surface area (Å²) < 4.78 is 11.8. The van der Waals surface area contributed by atoms with Crippen molar-refractivity contribution in [3.63, 3.8) is 0 Å². The quantitative estimate of drug-likeness (QED) is 0.764. The van der Waals surface area contributed by atoms with Crippen molar-refractivity contribution in [2.45, 2.75) is 38.1 Å². The van der Waals surface area contributed by atoms with Gasteiger partial charge in [0.25, 0.3) is 0 Å². The van der Waals surface area contributed by atoms with Crippen LogP contribution < -0.4 is 0 Å². The van der Waals surface area contributed by atoms with Gasteiger partial charge in [0, 0.05) is 18.4 Å². The maximum Gasteiger partial charge on any atom is 0.184 e. The van der Waals surface area contributed by atoms with Crippen LogP contribution in [0.2, 0.25) is 0 Å². The molecule has 2 fully saturated rings. The van der Waals surface area contributed by atoms with E-state index in [0.717, 1.165) is 12.0 Å². The maximum absolute atomic E-state index is 11.7. The van der Waals surface area contributed by atoms with Gasteiger partial charge in [-0.25, -0.2) is 0 Å². The first kappa shape index (κ1) is 11.9. The smallest absolute Gasteiger partial charge is 0.184 e. The highest BCUT2D eigenvalue weighted by atomic mass is 16.7. The minimum Gasteiger partial charge on any atom is -0.345 e. The summed E-state index contributed by atoms with van der Waals surface area (Å²) in [6.45, 7) is 2.64. The summed E-state index contributed by atoms with van der Waals surface area (Å²) in [5.41, 5.74) is 0.648. The molecule has 3 atom stereocenters. The number of rotatable bonds is 1. The highest BCUT2D eigenvalue weighted by molar-refractivity contribution is 5.80. The fourth-order valence-corrected chi connectivity index (χ4v) is 3.10. The molecule has 1 saturated carbocycles. The maximum atomic E-state index is 11.7. The van der Waals surface area contributed by atoms with E-state index in [9.17, 15) is 4.79 Å². The van der Waals surface area contributed by atoms with E-state index in [-0.39, 0.29) is 11.9 Å². The van der Waals surface area contributed by atoms with E-state index in [1.54, 1.807) is 0 Å². The van der Waals surface area contributed by atoms with Crippen LogP contribution in [0.4, 0.5) is 0 Å². The molecule has 1 aromatic rings. The monoisotopic (exact) mass is 246 g/mol. The minimum atomic E-state index is -0.380. The molecule has 96 valence electrons. The number of carbonyl (C=O) groups excluding carboxylic acids is 1. The van der Waals surface area contributed by atoms with Crippen LogP contribution in [0, 0.1) is 5.92 Å². The van der Waals surface area contributed by atoms with Crippen LogP contribution in [-0.4, -0.2) is 18.0 Å². The first-order chi connectivity index (χ1) is 8.67. The molecule has 1 aliphatic carbocycles. The van der Waals surface area contributed by atoms with Gasteiger partial charge in [0.2, 0.25) is 0 Å². The lowest BCUT2D eigenvalue weighted by Crippen LogP contribution is -2.40. The topological polar surface area (TPSA) is 35.5 Å². The number of hydrogen-bond acceptors (Lipinski definition) is 3. The summed E-state index contributed by atoms with van der Waals surface area (Å²) in [4.78, 5) is 11.7. The van der Waals surface area contributed by atoms with Gasteiger partial charge in [-0.05, 0) is 12.3 Å². The molecule has 2 aliphatic rings. The van der Waals surface area contributed by atoms with Gasteiger partial charge in [0.1, 0.15) is 11.4 Å². The van der Waals surface area contributed by atoms with E-state index in [1.807, 2.05) is 30.3 Å². The van der Waals surface area contributed by atoms with Crippen molar-refractivity contribution in [2.75, 3.05) is 6.61 Å². The standard InChI is InChI=1S/C15H18O3/c1-11-7-13(16)9-15(8-11)10-17-14(18-15)12-5-3-2-4-6-12/h2-6,11,14H,7-10H2,1H3/t11-,14+,15+/m0/s1. The average Bonchev–Trinajstić information content (AvgIpc) is 2.72. The van der Waals surface area contributed by atoms with Crippen molar-refractivity contribution in [3.05, 3.63) is 35.9 Å². The van der Waals surface area contributed by atoms with Crippen LogP contribution in [0.15, 0.2) is 30.3 Å². The van der Waals surface area contributed by atoms with Crippen molar-refractivity contribution < 1.29 is 14.3 Å². The molecule has 1 spiro atoms. The molecule has 1 heterocycles. The first-order valence-electron chi connectivity index (χ1n) is 6.53. The summed E-state index contributed by atoms with van der Waals surface area (Å²) in [6, 6.07) is 9.92. The highest BCUT2D eigenvalue weighted by Crippen LogP contribution is 2.42. The minimum absolute atomic E-state index is 0.297. The lowest BCUT2D eigenvalue weighted by atomic mass is 9.78. The molecule has 1 aromatic carbocycles. The van der Waals surface area contributed by atoms with Gasteiger partial charge in [-0.2, -0.15) is 0 Å². The van der Waals surface area contributed by atoms with Crippen LogP contribution in [0.3, 0.4) is 0 Å². The second kappa shape index (κ2) is 4.48. The zero-order valence-electron chi connectivity index (χ0n) is 10.6. The number of carbonyl (C=O) groups is 1. The van der Waals surface area contributed by atoms with E-state index < -0.39 is 0 Å². The Morgan fingerprint density at radius 3 is 2.78 bits per heavy atom. The van der Waals surface area contributed by atoms with Gasteiger partial charge in [0.05, 0.1) is 6.61 Å². The molecule has 0 radical (unpaired) electrons. The normalized spacial score (nSPS) is 36.2. The fraction of sp³-hybridized carbons (Fsp3) is 0.533. The Labute approximate surface area is 107 Å². The van der Waals surface area contributed by atoms with Gasteiger partial charge in [-0.3, -0.25) is 4.79 Å². The summed E-state index contributed by atoms with van der Waals surface area (Å²) in [7, 11) is 0. The van der Waals surface area contributed by atoms with E-state index in [4.69, 9.17) is 9.47 Å². The fourth-order valence-electron chi connectivity index (χ4n) is 3.10. The molecule has 0 amide bonds. The zero-order valence-corrected chi connectivity index (χ0v) is 10.6. The Balaban J connectivity index is 1.76. The third-order valence-electron chi connectivity index (χ3n) is 3.74. The second-order valence-electron chi connectivity index (χ2n) is 5.58. The molecule has 3 heteroatoms. The predicted octanol–water partition coefficient (Wildman–Crippen LogP) is 2.86. The van der Waals surface area contributed by atoms with Gasteiger partial charge >= 0.3 is 0 Å². The van der Waals surface area contributed by atoms with Gasteiger partial charge in [-0.15, -0.1) is 0 Å². The van der Waals surface area contributed by atoms with Crippen molar-refractivity contribution >= 4 is 5.78 Å². The Kier molecular flexibility index (Phi) is 2.96. The van der Waals surface area contributed by atoms with Gasteiger partial charge in [-0.1, -0.05) is 37.3 Å². The van der Waals surface area contributed by atoms with Crippen LogP contribution in [0.5, 0.6) is 0 Å². The van der Waals surface area contributed by atoms with Crippen LogP contribution in [0.25, 0.3) is 0 Å². The first-order valence-corrected chi connectivity index (χ1v) is 6.53. The molecular formula is C15H18O3. The number of hydrogen-bond donors (Lipinski definition) is 0. The molecule has 0 unspecified atom stereocenters. The Hall–Kier alpha value is -1.19. The number of ether oxygens (including phenoxy) is 2. The summed E-state index contributed by atoms with van der Waals surface area (Å²) >= 11 is 0. The molecule has 0 aromatic heterocycles. The number of ketones is 1. The number of Topliss-reactive ketones (excluding diaryl/α,β-unsaturated/α-hetero) is 1. The summed E-state index contributed by atoms with van der Waals surface area (Å²) in [5, 5.41) is 0. The Morgan fingerprint density at radius 2 is 2.06 bits per heavy atom. The molecule has 0 N–H and O–H groups in total. The molecular weight excluding hydrogens is 228 g/mol. The summed E-state index contributed by atoms with van der Waals surface area (Å²) in [5.74, 6) is 0.690. The zero-order chi connectivity index (χ0) is 12.6. The molecule has 0 bridgehead atoms. The Bertz CT molecular complexity index is 442. The lowest BCUT2D eigenvalue weighted by Gasteiger charge is -2.33. The van der Waals surface area contributed by atoms with Crippen molar-refractivity contribution in [2.24, 2.45) is 5.92 Å².